The average Bonchev–Trinajstić information content (AvgIpc) is 2.36. The Hall–Kier alpha value is -1.80. The Morgan fingerprint density at radius 1 is 1.10 bits per heavy atom. The van der Waals surface area contributed by atoms with Crippen molar-refractivity contribution in [2.45, 2.75) is 26.9 Å². The number of hydrogen-bond acceptors (Lipinski definition) is 2. The number of hydrogen-bond donors (Lipinski definition) is 0. The van der Waals surface area contributed by atoms with E-state index in [1.54, 1.807) is 31.2 Å². The standard InChI is InChI=1S/C17H17ClO2/c1-11-7-12(2)9-16(8-11)20-13(3)17(19)14-5-4-6-15(18)10-14/h4-10,13H,1-3H3. The third-order valence-corrected chi connectivity index (χ3v) is 3.22. The van der Waals surface area contributed by atoms with Crippen molar-refractivity contribution in [1.29, 1.82) is 0 Å². The highest BCUT2D eigenvalue weighted by Crippen LogP contribution is 2.19. The van der Waals surface area contributed by atoms with Gasteiger partial charge in [-0.15, -0.1) is 0 Å². The van der Waals surface area contributed by atoms with Crippen LogP contribution in [0.3, 0.4) is 0 Å². The molecule has 0 aliphatic carbocycles. The van der Waals surface area contributed by atoms with Gasteiger partial charge >= 0.3 is 0 Å². The number of aryl methyl sites for hydroxylation is 2. The lowest BCUT2D eigenvalue weighted by atomic mass is 10.1. The molecule has 0 aromatic heterocycles. The van der Waals surface area contributed by atoms with E-state index in [0.29, 0.717) is 16.3 Å². The van der Waals surface area contributed by atoms with Crippen molar-refractivity contribution in [2.24, 2.45) is 0 Å². The SMILES string of the molecule is Cc1cc(C)cc(OC(C)C(=O)c2cccc(Cl)c2)c1. The molecule has 2 nitrogen and oxygen atoms in total. The molecule has 1 atom stereocenters. The second kappa shape index (κ2) is 6.10. The van der Waals surface area contributed by atoms with Crippen LogP contribution >= 0.6 is 11.6 Å². The fourth-order valence-corrected chi connectivity index (χ4v) is 2.33. The molecule has 0 amide bonds. The first-order chi connectivity index (χ1) is 9.45. The lowest BCUT2D eigenvalue weighted by Crippen LogP contribution is -2.23. The molecule has 0 spiro atoms. The van der Waals surface area contributed by atoms with Crippen LogP contribution in [0, 0.1) is 13.8 Å². The quantitative estimate of drug-likeness (QED) is 0.768. The van der Waals surface area contributed by atoms with E-state index < -0.39 is 6.10 Å². The first kappa shape index (κ1) is 14.6. The molecule has 0 saturated carbocycles. The van der Waals surface area contributed by atoms with Gasteiger partial charge in [0.1, 0.15) is 5.75 Å². The number of ketones is 1. The van der Waals surface area contributed by atoms with Crippen molar-refractivity contribution in [3.05, 3.63) is 64.2 Å². The average molecular weight is 289 g/mol. The molecule has 2 aromatic carbocycles. The summed E-state index contributed by atoms with van der Waals surface area (Å²) in [6, 6.07) is 12.8. The zero-order chi connectivity index (χ0) is 14.7. The molecule has 0 saturated heterocycles. The van der Waals surface area contributed by atoms with Gasteiger partial charge in [-0.1, -0.05) is 29.8 Å². The summed E-state index contributed by atoms with van der Waals surface area (Å²) >= 11 is 5.90. The lowest BCUT2D eigenvalue weighted by molar-refractivity contribution is 0.0818. The van der Waals surface area contributed by atoms with Crippen LogP contribution in [0.2, 0.25) is 5.02 Å². The third kappa shape index (κ3) is 3.61. The third-order valence-electron chi connectivity index (χ3n) is 2.99. The van der Waals surface area contributed by atoms with E-state index in [2.05, 4.69) is 6.07 Å². The number of carbonyl (C=O) groups excluding carboxylic acids is 1. The van der Waals surface area contributed by atoms with Crippen molar-refractivity contribution in [2.75, 3.05) is 0 Å². The Morgan fingerprint density at radius 2 is 1.75 bits per heavy atom. The number of benzene rings is 2. The molecule has 20 heavy (non-hydrogen) atoms. The van der Waals surface area contributed by atoms with Crippen LogP contribution in [0.4, 0.5) is 0 Å². The van der Waals surface area contributed by atoms with E-state index in [-0.39, 0.29) is 5.78 Å². The van der Waals surface area contributed by atoms with Crippen LogP contribution in [0.1, 0.15) is 28.4 Å². The number of rotatable bonds is 4. The number of Topliss-reactive ketones (excluding diaryl/α,β-unsaturated/α-hetero) is 1. The molecular formula is C17H17ClO2. The van der Waals surface area contributed by atoms with Crippen molar-refractivity contribution in [3.63, 3.8) is 0 Å². The van der Waals surface area contributed by atoms with E-state index in [0.717, 1.165) is 11.1 Å². The number of carbonyl (C=O) groups is 1. The van der Waals surface area contributed by atoms with Gasteiger partial charge in [0.2, 0.25) is 5.78 Å². The summed E-state index contributed by atoms with van der Waals surface area (Å²) in [6.45, 7) is 5.76. The van der Waals surface area contributed by atoms with Gasteiger partial charge in [-0.05, 0) is 56.2 Å². The Labute approximate surface area is 124 Å². The molecule has 104 valence electrons. The van der Waals surface area contributed by atoms with Gasteiger partial charge in [-0.3, -0.25) is 4.79 Å². The van der Waals surface area contributed by atoms with Crippen molar-refractivity contribution >= 4 is 17.4 Å². The van der Waals surface area contributed by atoms with Gasteiger partial charge in [0.25, 0.3) is 0 Å². The second-order valence-corrected chi connectivity index (χ2v) is 5.39. The van der Waals surface area contributed by atoms with Gasteiger partial charge in [0.15, 0.2) is 6.10 Å². The van der Waals surface area contributed by atoms with Crippen LogP contribution in [0.15, 0.2) is 42.5 Å². The molecule has 1 unspecified atom stereocenters. The van der Waals surface area contributed by atoms with E-state index in [1.807, 2.05) is 26.0 Å². The fourth-order valence-electron chi connectivity index (χ4n) is 2.14. The number of halogens is 1. The Kier molecular flexibility index (Phi) is 4.46. The molecule has 2 rings (SSSR count). The molecule has 0 aliphatic rings. The molecule has 0 bridgehead atoms. The van der Waals surface area contributed by atoms with Gasteiger partial charge in [0.05, 0.1) is 0 Å². The summed E-state index contributed by atoms with van der Waals surface area (Å²) in [7, 11) is 0. The van der Waals surface area contributed by atoms with Crippen molar-refractivity contribution in [3.8, 4) is 5.75 Å². The fraction of sp³-hybridized carbons (Fsp3) is 0.235. The Balaban J connectivity index is 2.15. The highest BCUT2D eigenvalue weighted by Gasteiger charge is 2.17. The first-order valence-electron chi connectivity index (χ1n) is 6.50. The molecule has 0 fully saturated rings. The maximum atomic E-state index is 12.3. The second-order valence-electron chi connectivity index (χ2n) is 4.96. The van der Waals surface area contributed by atoms with Crippen molar-refractivity contribution in [1.82, 2.24) is 0 Å². The summed E-state index contributed by atoms with van der Waals surface area (Å²) in [6.07, 6.45) is -0.547. The molecule has 0 radical (unpaired) electrons. The van der Waals surface area contributed by atoms with E-state index in [9.17, 15) is 4.79 Å². The van der Waals surface area contributed by atoms with Crippen LogP contribution in [0.5, 0.6) is 5.75 Å². The minimum absolute atomic E-state index is 0.0772. The zero-order valence-corrected chi connectivity index (χ0v) is 12.6. The van der Waals surface area contributed by atoms with Gasteiger partial charge in [-0.2, -0.15) is 0 Å². The zero-order valence-electron chi connectivity index (χ0n) is 11.8. The van der Waals surface area contributed by atoms with Crippen LogP contribution in [-0.2, 0) is 0 Å². The summed E-state index contributed by atoms with van der Waals surface area (Å²) < 4.78 is 5.74. The molecule has 0 heterocycles. The summed E-state index contributed by atoms with van der Waals surface area (Å²) in [4.78, 5) is 12.3. The topological polar surface area (TPSA) is 26.3 Å². The maximum absolute atomic E-state index is 12.3. The van der Waals surface area contributed by atoms with Gasteiger partial charge < -0.3 is 4.74 Å². The smallest absolute Gasteiger partial charge is 0.203 e. The Morgan fingerprint density at radius 3 is 2.35 bits per heavy atom. The molecular weight excluding hydrogens is 272 g/mol. The molecule has 0 aliphatic heterocycles. The Bertz CT molecular complexity index is 614. The predicted octanol–water partition coefficient (Wildman–Crippen LogP) is 4.61. The molecule has 2 aromatic rings. The van der Waals surface area contributed by atoms with Gasteiger partial charge in [-0.25, -0.2) is 0 Å². The van der Waals surface area contributed by atoms with Crippen LogP contribution in [-0.4, -0.2) is 11.9 Å². The van der Waals surface area contributed by atoms with E-state index in [4.69, 9.17) is 16.3 Å². The summed E-state index contributed by atoms with van der Waals surface area (Å²) in [5.41, 5.74) is 2.79. The predicted molar refractivity (Wildman–Crippen MR) is 81.8 cm³/mol. The normalized spacial score (nSPS) is 12.0. The van der Waals surface area contributed by atoms with E-state index >= 15 is 0 Å². The number of ether oxygens (including phenoxy) is 1. The van der Waals surface area contributed by atoms with Crippen LogP contribution < -0.4 is 4.74 Å². The highest BCUT2D eigenvalue weighted by atomic mass is 35.5. The first-order valence-corrected chi connectivity index (χ1v) is 6.88. The highest BCUT2D eigenvalue weighted by molar-refractivity contribution is 6.31. The maximum Gasteiger partial charge on any atom is 0.203 e. The van der Waals surface area contributed by atoms with Gasteiger partial charge in [0, 0.05) is 10.6 Å². The largest absolute Gasteiger partial charge is 0.483 e. The minimum atomic E-state index is -0.547. The minimum Gasteiger partial charge on any atom is -0.483 e. The molecule has 0 N–H and O–H groups in total. The van der Waals surface area contributed by atoms with Crippen molar-refractivity contribution < 1.29 is 9.53 Å². The van der Waals surface area contributed by atoms with Crippen LogP contribution in [0.25, 0.3) is 0 Å². The molecule has 3 heteroatoms. The van der Waals surface area contributed by atoms with E-state index in [1.165, 1.54) is 0 Å². The summed E-state index contributed by atoms with van der Waals surface area (Å²) in [5, 5.41) is 0.550. The monoisotopic (exact) mass is 288 g/mol. The summed E-state index contributed by atoms with van der Waals surface area (Å²) in [5.74, 6) is 0.636. The lowest BCUT2D eigenvalue weighted by Gasteiger charge is -2.15.